The zero-order chi connectivity index (χ0) is 12.3. The molecular weight excluding hydrogens is 232 g/mol. The average molecular weight is 253 g/mol. The van der Waals surface area contributed by atoms with E-state index >= 15 is 0 Å². The fourth-order valence-corrected chi connectivity index (χ4v) is 2.66. The van der Waals surface area contributed by atoms with E-state index in [0.717, 1.165) is 24.5 Å². The molecule has 0 aromatic heterocycles. The van der Waals surface area contributed by atoms with E-state index < -0.39 is 0 Å². The Morgan fingerprint density at radius 2 is 2.24 bits per heavy atom. The van der Waals surface area contributed by atoms with Gasteiger partial charge in [0.15, 0.2) is 0 Å². The summed E-state index contributed by atoms with van der Waals surface area (Å²) < 4.78 is 0. The van der Waals surface area contributed by atoms with E-state index in [1.807, 2.05) is 6.07 Å². The van der Waals surface area contributed by atoms with Crippen molar-refractivity contribution in [2.75, 3.05) is 27.2 Å². The smallest absolute Gasteiger partial charge is 0.0408 e. The highest BCUT2D eigenvalue weighted by molar-refractivity contribution is 6.30. The minimum absolute atomic E-state index is 0.532. The number of hydrogen-bond acceptors (Lipinski definition) is 2. The summed E-state index contributed by atoms with van der Waals surface area (Å²) in [5.41, 5.74) is 2.86. The van der Waals surface area contributed by atoms with E-state index in [0.29, 0.717) is 6.04 Å². The molecule has 3 heteroatoms. The van der Waals surface area contributed by atoms with Crippen LogP contribution in [0.5, 0.6) is 0 Å². The number of rotatable bonds is 5. The van der Waals surface area contributed by atoms with Crippen molar-refractivity contribution in [1.29, 1.82) is 0 Å². The average Bonchev–Trinajstić information content (AvgIpc) is 2.66. The first kappa shape index (κ1) is 12.9. The zero-order valence-corrected chi connectivity index (χ0v) is 11.4. The number of fused-ring (bicyclic) bond motifs is 1. The molecule has 1 aliphatic rings. The first-order valence-corrected chi connectivity index (χ1v) is 6.71. The highest BCUT2D eigenvalue weighted by atomic mass is 35.5. The van der Waals surface area contributed by atoms with Gasteiger partial charge in [-0.25, -0.2) is 0 Å². The Hall–Kier alpha value is -0.570. The minimum atomic E-state index is 0.532. The fourth-order valence-electron chi connectivity index (χ4n) is 2.47. The van der Waals surface area contributed by atoms with Crippen molar-refractivity contribution < 1.29 is 0 Å². The molecule has 0 saturated carbocycles. The lowest BCUT2D eigenvalue weighted by Gasteiger charge is -2.15. The maximum absolute atomic E-state index is 6.01. The molecular formula is C14H21ClN2. The second-order valence-corrected chi connectivity index (χ2v) is 5.48. The molecule has 0 bridgehead atoms. The van der Waals surface area contributed by atoms with Gasteiger partial charge in [-0.3, -0.25) is 0 Å². The molecule has 1 aliphatic carbocycles. The monoisotopic (exact) mass is 252 g/mol. The van der Waals surface area contributed by atoms with Gasteiger partial charge in [0, 0.05) is 11.1 Å². The van der Waals surface area contributed by atoms with Gasteiger partial charge in [-0.15, -0.1) is 0 Å². The second-order valence-electron chi connectivity index (χ2n) is 5.05. The van der Waals surface area contributed by atoms with Gasteiger partial charge in [-0.05, 0) is 69.7 Å². The predicted octanol–water partition coefficient (Wildman–Crippen LogP) is 2.87. The molecule has 1 aromatic rings. The van der Waals surface area contributed by atoms with Crippen LogP contribution in [0.25, 0.3) is 0 Å². The van der Waals surface area contributed by atoms with Gasteiger partial charge in [-0.2, -0.15) is 0 Å². The van der Waals surface area contributed by atoms with E-state index in [4.69, 9.17) is 11.6 Å². The Bertz CT molecular complexity index is 376. The molecule has 0 radical (unpaired) electrons. The summed E-state index contributed by atoms with van der Waals surface area (Å²) in [6.45, 7) is 2.23. The van der Waals surface area contributed by atoms with E-state index in [1.165, 1.54) is 24.0 Å². The maximum atomic E-state index is 6.01. The van der Waals surface area contributed by atoms with E-state index in [-0.39, 0.29) is 0 Å². The van der Waals surface area contributed by atoms with Crippen LogP contribution < -0.4 is 5.32 Å². The standard InChI is InChI=1S/C14H21ClN2/c1-17(2)9-3-8-16-14-7-4-11-10-12(15)5-6-13(11)14/h5-6,10,14,16H,3-4,7-9H2,1-2H3. The lowest BCUT2D eigenvalue weighted by molar-refractivity contribution is 0.386. The van der Waals surface area contributed by atoms with Crippen LogP contribution in [0.3, 0.4) is 0 Å². The van der Waals surface area contributed by atoms with Crippen LogP contribution in [-0.4, -0.2) is 32.1 Å². The molecule has 1 N–H and O–H groups in total. The summed E-state index contributed by atoms with van der Waals surface area (Å²) in [5, 5.41) is 4.50. The molecule has 1 aromatic carbocycles. The Labute approximate surface area is 109 Å². The van der Waals surface area contributed by atoms with Gasteiger partial charge in [0.05, 0.1) is 0 Å². The van der Waals surface area contributed by atoms with Crippen molar-refractivity contribution in [3.05, 3.63) is 34.3 Å². The third-order valence-electron chi connectivity index (χ3n) is 3.36. The van der Waals surface area contributed by atoms with Crippen molar-refractivity contribution in [2.24, 2.45) is 0 Å². The van der Waals surface area contributed by atoms with Crippen molar-refractivity contribution in [3.63, 3.8) is 0 Å². The Kier molecular flexibility index (Phi) is 4.43. The molecule has 0 fully saturated rings. The van der Waals surface area contributed by atoms with Crippen LogP contribution in [-0.2, 0) is 6.42 Å². The van der Waals surface area contributed by atoms with Gasteiger partial charge in [0.2, 0.25) is 0 Å². The largest absolute Gasteiger partial charge is 0.310 e. The van der Waals surface area contributed by atoms with Gasteiger partial charge in [-0.1, -0.05) is 17.7 Å². The summed E-state index contributed by atoms with van der Waals surface area (Å²) in [5.74, 6) is 0. The predicted molar refractivity (Wildman–Crippen MR) is 73.7 cm³/mol. The van der Waals surface area contributed by atoms with Crippen LogP contribution in [0.4, 0.5) is 0 Å². The molecule has 0 spiro atoms. The van der Waals surface area contributed by atoms with Gasteiger partial charge >= 0.3 is 0 Å². The zero-order valence-electron chi connectivity index (χ0n) is 10.7. The number of hydrogen-bond donors (Lipinski definition) is 1. The van der Waals surface area contributed by atoms with Crippen molar-refractivity contribution in [3.8, 4) is 0 Å². The molecule has 17 heavy (non-hydrogen) atoms. The quantitative estimate of drug-likeness (QED) is 0.811. The SMILES string of the molecule is CN(C)CCCNC1CCc2cc(Cl)ccc21. The summed E-state index contributed by atoms with van der Waals surface area (Å²) in [6, 6.07) is 6.82. The van der Waals surface area contributed by atoms with Crippen LogP contribution >= 0.6 is 11.6 Å². The van der Waals surface area contributed by atoms with E-state index in [2.05, 4.69) is 36.4 Å². The van der Waals surface area contributed by atoms with Crippen molar-refractivity contribution in [2.45, 2.75) is 25.3 Å². The minimum Gasteiger partial charge on any atom is -0.310 e. The third kappa shape index (κ3) is 3.44. The van der Waals surface area contributed by atoms with Crippen molar-refractivity contribution in [1.82, 2.24) is 10.2 Å². The third-order valence-corrected chi connectivity index (χ3v) is 3.59. The molecule has 2 rings (SSSR count). The number of nitrogens with zero attached hydrogens (tertiary/aromatic N) is 1. The van der Waals surface area contributed by atoms with Gasteiger partial charge in [0.25, 0.3) is 0 Å². The normalized spacial score (nSPS) is 18.7. The Morgan fingerprint density at radius 1 is 1.41 bits per heavy atom. The van der Waals surface area contributed by atoms with Crippen LogP contribution in [0, 0.1) is 0 Å². The fraction of sp³-hybridized carbons (Fsp3) is 0.571. The van der Waals surface area contributed by atoms with Crippen LogP contribution in [0.1, 0.15) is 30.0 Å². The van der Waals surface area contributed by atoms with Gasteiger partial charge < -0.3 is 10.2 Å². The number of aryl methyl sites for hydroxylation is 1. The number of benzene rings is 1. The Morgan fingerprint density at radius 3 is 3.00 bits per heavy atom. The topological polar surface area (TPSA) is 15.3 Å². The summed E-state index contributed by atoms with van der Waals surface area (Å²) in [7, 11) is 4.24. The summed E-state index contributed by atoms with van der Waals surface area (Å²) in [6.07, 6.45) is 3.56. The molecule has 94 valence electrons. The van der Waals surface area contributed by atoms with Crippen LogP contribution in [0.2, 0.25) is 5.02 Å². The van der Waals surface area contributed by atoms with E-state index in [1.54, 1.807) is 0 Å². The molecule has 0 saturated heterocycles. The lowest BCUT2D eigenvalue weighted by Crippen LogP contribution is -2.24. The Balaban J connectivity index is 1.85. The highest BCUT2D eigenvalue weighted by Gasteiger charge is 2.21. The lowest BCUT2D eigenvalue weighted by atomic mass is 10.1. The van der Waals surface area contributed by atoms with Crippen molar-refractivity contribution >= 4 is 11.6 Å². The first-order valence-electron chi connectivity index (χ1n) is 6.33. The molecule has 2 nitrogen and oxygen atoms in total. The van der Waals surface area contributed by atoms with E-state index in [9.17, 15) is 0 Å². The second kappa shape index (κ2) is 5.85. The number of nitrogens with one attached hydrogen (secondary N) is 1. The maximum Gasteiger partial charge on any atom is 0.0408 e. The highest BCUT2D eigenvalue weighted by Crippen LogP contribution is 2.32. The molecule has 1 atom stereocenters. The number of halogens is 1. The first-order chi connectivity index (χ1) is 8.16. The summed E-state index contributed by atoms with van der Waals surface area (Å²) in [4.78, 5) is 2.23. The van der Waals surface area contributed by atoms with Crippen LogP contribution in [0.15, 0.2) is 18.2 Å². The molecule has 1 unspecified atom stereocenters. The van der Waals surface area contributed by atoms with Gasteiger partial charge in [0.1, 0.15) is 0 Å². The molecule has 0 amide bonds. The molecule has 0 aliphatic heterocycles. The summed E-state index contributed by atoms with van der Waals surface area (Å²) >= 11 is 6.01. The molecule has 0 heterocycles.